The van der Waals surface area contributed by atoms with Crippen LogP contribution in [0.25, 0.3) is 0 Å². The van der Waals surface area contributed by atoms with E-state index in [1.807, 2.05) is 37.3 Å². The molecule has 0 spiro atoms. The van der Waals surface area contributed by atoms with E-state index < -0.39 is 5.25 Å². The molecule has 5 nitrogen and oxygen atoms in total. The van der Waals surface area contributed by atoms with Crippen molar-refractivity contribution >= 4 is 51.7 Å². The highest BCUT2D eigenvalue weighted by molar-refractivity contribution is 8.00. The SMILES string of the molecule is COC(=O)C(C)Sc1ccccc1C(=O)Nc1ncc(Cc2ccc(C)c(Cl)c2)s1. The average molecular weight is 461 g/mol. The second kappa shape index (κ2) is 10.1. The summed E-state index contributed by atoms with van der Waals surface area (Å²) in [7, 11) is 1.35. The van der Waals surface area contributed by atoms with Gasteiger partial charge in [-0.15, -0.1) is 23.1 Å². The number of benzene rings is 2. The Balaban J connectivity index is 1.70. The third-order valence-electron chi connectivity index (χ3n) is 4.36. The highest BCUT2D eigenvalue weighted by Gasteiger charge is 2.19. The van der Waals surface area contributed by atoms with E-state index in [9.17, 15) is 9.59 Å². The third-order valence-corrected chi connectivity index (χ3v) is 6.83. The molecule has 0 aliphatic heterocycles. The first-order valence-electron chi connectivity index (χ1n) is 9.22. The van der Waals surface area contributed by atoms with Gasteiger partial charge in [0.2, 0.25) is 0 Å². The summed E-state index contributed by atoms with van der Waals surface area (Å²) in [5.74, 6) is -0.606. The first-order valence-corrected chi connectivity index (χ1v) is 11.3. The van der Waals surface area contributed by atoms with Gasteiger partial charge in [0.1, 0.15) is 5.25 Å². The Morgan fingerprint density at radius 1 is 1.27 bits per heavy atom. The fourth-order valence-corrected chi connectivity index (χ4v) is 4.78. The van der Waals surface area contributed by atoms with Gasteiger partial charge in [0, 0.05) is 27.4 Å². The highest BCUT2D eigenvalue weighted by atomic mass is 35.5. The van der Waals surface area contributed by atoms with Crippen molar-refractivity contribution in [3.8, 4) is 0 Å². The predicted octanol–water partition coefficient (Wildman–Crippen LogP) is 5.60. The van der Waals surface area contributed by atoms with Crippen LogP contribution in [0, 0.1) is 6.92 Å². The van der Waals surface area contributed by atoms with Crippen LogP contribution in [-0.2, 0) is 16.0 Å². The molecule has 0 bridgehead atoms. The molecule has 1 unspecified atom stereocenters. The van der Waals surface area contributed by atoms with Crippen LogP contribution in [0.2, 0.25) is 5.02 Å². The number of halogens is 1. The number of aryl methyl sites for hydroxylation is 1. The van der Waals surface area contributed by atoms with Gasteiger partial charge in [-0.1, -0.05) is 35.9 Å². The van der Waals surface area contributed by atoms with E-state index in [1.165, 1.54) is 30.2 Å². The number of thiazole rings is 1. The summed E-state index contributed by atoms with van der Waals surface area (Å²) < 4.78 is 4.77. The lowest BCUT2D eigenvalue weighted by molar-refractivity contribution is -0.139. The molecule has 30 heavy (non-hydrogen) atoms. The summed E-state index contributed by atoms with van der Waals surface area (Å²) >= 11 is 8.91. The summed E-state index contributed by atoms with van der Waals surface area (Å²) in [5, 5.41) is 3.69. The summed E-state index contributed by atoms with van der Waals surface area (Å²) in [6.45, 7) is 3.71. The third kappa shape index (κ3) is 5.62. The Hall–Kier alpha value is -2.35. The Kier molecular flexibility index (Phi) is 7.53. The first-order chi connectivity index (χ1) is 14.4. The van der Waals surface area contributed by atoms with Crippen LogP contribution >= 0.6 is 34.7 Å². The van der Waals surface area contributed by atoms with Gasteiger partial charge in [-0.3, -0.25) is 14.9 Å². The lowest BCUT2D eigenvalue weighted by atomic mass is 10.1. The van der Waals surface area contributed by atoms with Gasteiger partial charge < -0.3 is 4.74 Å². The molecule has 0 saturated carbocycles. The van der Waals surface area contributed by atoms with E-state index in [2.05, 4.69) is 10.3 Å². The fraction of sp³-hybridized carbons (Fsp3) is 0.227. The van der Waals surface area contributed by atoms with Gasteiger partial charge in [-0.05, 0) is 43.2 Å². The van der Waals surface area contributed by atoms with E-state index in [1.54, 1.807) is 25.3 Å². The maximum absolute atomic E-state index is 12.8. The van der Waals surface area contributed by atoms with E-state index in [-0.39, 0.29) is 11.9 Å². The number of methoxy groups -OCH3 is 1. The lowest BCUT2D eigenvalue weighted by Crippen LogP contribution is -2.17. The number of nitrogens with zero attached hydrogens (tertiary/aromatic N) is 1. The largest absolute Gasteiger partial charge is 0.468 e. The summed E-state index contributed by atoms with van der Waals surface area (Å²) in [4.78, 5) is 30.6. The topological polar surface area (TPSA) is 68.3 Å². The number of hydrogen-bond acceptors (Lipinski definition) is 6. The van der Waals surface area contributed by atoms with E-state index in [4.69, 9.17) is 16.3 Å². The molecule has 3 rings (SSSR count). The van der Waals surface area contributed by atoms with Crippen LogP contribution in [0.3, 0.4) is 0 Å². The first kappa shape index (κ1) is 22.3. The monoisotopic (exact) mass is 460 g/mol. The molecule has 8 heteroatoms. The van der Waals surface area contributed by atoms with Crippen molar-refractivity contribution < 1.29 is 14.3 Å². The molecule has 1 N–H and O–H groups in total. The van der Waals surface area contributed by atoms with Crippen LogP contribution in [0.4, 0.5) is 5.13 Å². The molecule has 0 aliphatic rings. The number of carbonyl (C=O) groups excluding carboxylic acids is 2. The maximum Gasteiger partial charge on any atom is 0.318 e. The number of esters is 1. The van der Waals surface area contributed by atoms with Gasteiger partial charge in [-0.2, -0.15) is 0 Å². The molecule has 1 amide bonds. The molecule has 0 radical (unpaired) electrons. The molecule has 1 atom stereocenters. The molecule has 0 saturated heterocycles. The van der Waals surface area contributed by atoms with Gasteiger partial charge in [-0.25, -0.2) is 4.98 Å². The standard InChI is InChI=1S/C22H21ClN2O3S2/c1-13-8-9-15(11-18(13)23)10-16-12-24-22(30-16)25-20(26)17-6-4-5-7-19(17)29-14(2)21(27)28-3/h4-9,11-12,14H,10H2,1-3H3,(H,24,25,26). The van der Waals surface area contributed by atoms with Gasteiger partial charge in [0.15, 0.2) is 5.13 Å². The number of rotatable bonds is 7. The smallest absolute Gasteiger partial charge is 0.318 e. The van der Waals surface area contributed by atoms with Gasteiger partial charge >= 0.3 is 5.97 Å². The van der Waals surface area contributed by atoms with Gasteiger partial charge in [0.25, 0.3) is 5.91 Å². The molecular formula is C22H21ClN2O3S2. The van der Waals surface area contributed by atoms with Crippen molar-refractivity contribution in [3.63, 3.8) is 0 Å². The molecule has 156 valence electrons. The summed E-state index contributed by atoms with van der Waals surface area (Å²) in [6.07, 6.45) is 2.45. The zero-order chi connectivity index (χ0) is 21.7. The van der Waals surface area contributed by atoms with Crippen LogP contribution in [-0.4, -0.2) is 29.2 Å². The molecule has 1 heterocycles. The Labute approximate surface area is 188 Å². The molecule has 1 aromatic heterocycles. The van der Waals surface area contributed by atoms with Crippen LogP contribution < -0.4 is 5.32 Å². The number of thioether (sulfide) groups is 1. The molecule has 0 fully saturated rings. The van der Waals surface area contributed by atoms with E-state index in [0.29, 0.717) is 22.0 Å². The normalized spacial score (nSPS) is 11.7. The Morgan fingerprint density at radius 2 is 2.03 bits per heavy atom. The average Bonchev–Trinajstić information content (AvgIpc) is 3.17. The summed E-state index contributed by atoms with van der Waals surface area (Å²) in [6, 6.07) is 13.1. The van der Waals surface area contributed by atoms with Crippen LogP contribution in [0.15, 0.2) is 53.6 Å². The number of aromatic nitrogens is 1. The number of nitrogens with one attached hydrogen (secondary N) is 1. The van der Waals surface area contributed by atoms with Crippen molar-refractivity contribution in [3.05, 3.63) is 75.3 Å². The van der Waals surface area contributed by atoms with Crippen molar-refractivity contribution in [2.75, 3.05) is 12.4 Å². The fourth-order valence-electron chi connectivity index (χ4n) is 2.72. The molecule has 3 aromatic rings. The minimum atomic E-state index is -0.420. The predicted molar refractivity (Wildman–Crippen MR) is 123 cm³/mol. The zero-order valence-corrected chi connectivity index (χ0v) is 19.2. The maximum atomic E-state index is 12.8. The molecule has 0 aliphatic carbocycles. The minimum Gasteiger partial charge on any atom is -0.468 e. The zero-order valence-electron chi connectivity index (χ0n) is 16.8. The molecule has 2 aromatic carbocycles. The Morgan fingerprint density at radius 3 is 2.77 bits per heavy atom. The number of anilines is 1. The molecular weight excluding hydrogens is 440 g/mol. The second-order valence-electron chi connectivity index (χ2n) is 6.63. The summed E-state index contributed by atoms with van der Waals surface area (Å²) in [5.41, 5.74) is 2.61. The van der Waals surface area contributed by atoms with E-state index >= 15 is 0 Å². The number of amides is 1. The van der Waals surface area contributed by atoms with Gasteiger partial charge in [0.05, 0.1) is 12.7 Å². The second-order valence-corrected chi connectivity index (χ2v) is 9.53. The van der Waals surface area contributed by atoms with Crippen molar-refractivity contribution in [1.29, 1.82) is 0 Å². The van der Waals surface area contributed by atoms with Crippen molar-refractivity contribution in [2.45, 2.75) is 30.4 Å². The lowest BCUT2D eigenvalue weighted by Gasteiger charge is -2.12. The van der Waals surface area contributed by atoms with Crippen molar-refractivity contribution in [1.82, 2.24) is 4.98 Å². The Bertz CT molecular complexity index is 1070. The van der Waals surface area contributed by atoms with Crippen LogP contribution in [0.5, 0.6) is 0 Å². The number of hydrogen-bond donors (Lipinski definition) is 1. The number of ether oxygens (including phenoxy) is 1. The quantitative estimate of drug-likeness (QED) is 0.367. The number of carbonyl (C=O) groups is 2. The van der Waals surface area contributed by atoms with Crippen molar-refractivity contribution in [2.24, 2.45) is 0 Å². The van der Waals surface area contributed by atoms with E-state index in [0.717, 1.165) is 21.0 Å². The minimum absolute atomic E-state index is 0.269. The van der Waals surface area contributed by atoms with Crippen LogP contribution in [0.1, 0.15) is 33.3 Å². The highest BCUT2D eigenvalue weighted by Crippen LogP contribution is 2.29.